The third-order valence-corrected chi connectivity index (χ3v) is 6.23. The topological polar surface area (TPSA) is 66.5 Å². The molecule has 0 aliphatic heterocycles. The van der Waals surface area contributed by atoms with Crippen LogP contribution in [0.1, 0.15) is 12.0 Å². The Bertz CT molecular complexity index is 854. The molecule has 0 unspecified atom stereocenters. The van der Waals surface area contributed by atoms with Gasteiger partial charge in [-0.2, -0.15) is 0 Å². The lowest BCUT2D eigenvalue weighted by atomic mass is 10.2. The molecule has 2 rings (SSSR count). The van der Waals surface area contributed by atoms with Crippen LogP contribution in [0.2, 0.25) is 5.02 Å². The fraction of sp³-hybridized carbons (Fsp3) is 0.316. The molecule has 8 heteroatoms. The molecule has 0 saturated carbocycles. The highest BCUT2D eigenvalue weighted by Crippen LogP contribution is 2.20. The molecule has 0 radical (unpaired) electrons. The predicted molar refractivity (Wildman–Crippen MR) is 113 cm³/mol. The van der Waals surface area contributed by atoms with E-state index in [1.807, 2.05) is 6.92 Å². The summed E-state index contributed by atoms with van der Waals surface area (Å²) in [6.07, 6.45) is 1.87. The van der Waals surface area contributed by atoms with E-state index in [2.05, 4.69) is 29.6 Å². The van der Waals surface area contributed by atoms with E-state index in [-0.39, 0.29) is 12.5 Å². The smallest absolute Gasteiger partial charge is 0.240 e. The van der Waals surface area contributed by atoms with E-state index >= 15 is 0 Å². The molecule has 0 spiro atoms. The Morgan fingerprint density at radius 1 is 1.11 bits per heavy atom. The summed E-state index contributed by atoms with van der Waals surface area (Å²) in [5, 5.41) is 3.28. The molecule has 146 valence electrons. The van der Waals surface area contributed by atoms with Crippen molar-refractivity contribution in [3.63, 3.8) is 0 Å². The van der Waals surface area contributed by atoms with Crippen LogP contribution >= 0.6 is 23.4 Å². The van der Waals surface area contributed by atoms with Crippen molar-refractivity contribution < 1.29 is 13.2 Å². The summed E-state index contributed by atoms with van der Waals surface area (Å²) in [5.74, 6) is 0.534. The molecule has 0 saturated heterocycles. The summed E-state index contributed by atoms with van der Waals surface area (Å²) in [6, 6.07) is 14.6. The van der Waals surface area contributed by atoms with Crippen molar-refractivity contribution in [2.75, 3.05) is 29.4 Å². The van der Waals surface area contributed by atoms with Gasteiger partial charge in [-0.15, -0.1) is 11.8 Å². The quantitative estimate of drug-likeness (QED) is 0.490. The SMILES string of the molecule is Cc1ccc(SCCCNC(=O)CN(c2ccc(Cl)cc2)S(C)(=O)=O)cc1. The lowest BCUT2D eigenvalue weighted by Gasteiger charge is -2.21. The van der Waals surface area contributed by atoms with Gasteiger partial charge in [0.15, 0.2) is 0 Å². The number of nitrogens with zero attached hydrogens (tertiary/aromatic N) is 1. The van der Waals surface area contributed by atoms with Gasteiger partial charge >= 0.3 is 0 Å². The second-order valence-electron chi connectivity index (χ2n) is 6.11. The molecule has 0 fully saturated rings. The number of sulfonamides is 1. The van der Waals surface area contributed by atoms with Crippen LogP contribution in [0, 0.1) is 6.92 Å². The lowest BCUT2D eigenvalue weighted by molar-refractivity contribution is -0.119. The number of aryl methyl sites for hydroxylation is 1. The molecule has 0 aromatic heterocycles. The highest BCUT2D eigenvalue weighted by molar-refractivity contribution is 7.99. The maximum absolute atomic E-state index is 12.2. The number of hydrogen-bond donors (Lipinski definition) is 1. The van der Waals surface area contributed by atoms with Crippen LogP contribution in [0.5, 0.6) is 0 Å². The van der Waals surface area contributed by atoms with Crippen LogP contribution in [0.4, 0.5) is 5.69 Å². The third kappa shape index (κ3) is 7.44. The zero-order valence-corrected chi connectivity index (χ0v) is 17.7. The van der Waals surface area contributed by atoms with Crippen molar-refractivity contribution in [3.05, 3.63) is 59.1 Å². The second kappa shape index (κ2) is 10.0. The molecule has 0 aliphatic carbocycles. The van der Waals surface area contributed by atoms with E-state index in [1.165, 1.54) is 10.5 Å². The summed E-state index contributed by atoms with van der Waals surface area (Å²) in [7, 11) is -3.58. The first kappa shape index (κ1) is 21.6. The largest absolute Gasteiger partial charge is 0.354 e. The Morgan fingerprint density at radius 3 is 2.33 bits per heavy atom. The number of halogens is 1. The molecule has 2 aromatic rings. The van der Waals surface area contributed by atoms with Crippen LogP contribution in [0.3, 0.4) is 0 Å². The Balaban J connectivity index is 1.80. The summed E-state index contributed by atoms with van der Waals surface area (Å²) in [4.78, 5) is 13.4. The van der Waals surface area contributed by atoms with Crippen molar-refractivity contribution in [2.24, 2.45) is 0 Å². The minimum atomic E-state index is -3.58. The molecule has 0 heterocycles. The summed E-state index contributed by atoms with van der Waals surface area (Å²) < 4.78 is 25.1. The Kier molecular flexibility index (Phi) is 8.01. The average Bonchev–Trinajstić information content (AvgIpc) is 2.61. The number of anilines is 1. The van der Waals surface area contributed by atoms with Gasteiger partial charge in [-0.3, -0.25) is 9.10 Å². The Hall–Kier alpha value is -1.70. The average molecular weight is 427 g/mol. The van der Waals surface area contributed by atoms with Gasteiger partial charge in [-0.25, -0.2) is 8.42 Å². The molecular weight excluding hydrogens is 404 g/mol. The summed E-state index contributed by atoms with van der Waals surface area (Å²) in [5.41, 5.74) is 1.63. The minimum absolute atomic E-state index is 0.258. The van der Waals surface area contributed by atoms with Gasteiger partial charge < -0.3 is 5.32 Å². The van der Waals surface area contributed by atoms with E-state index in [4.69, 9.17) is 11.6 Å². The fourth-order valence-electron chi connectivity index (χ4n) is 2.32. The van der Waals surface area contributed by atoms with E-state index in [0.29, 0.717) is 17.3 Å². The number of amides is 1. The van der Waals surface area contributed by atoms with Gasteiger partial charge in [0.2, 0.25) is 15.9 Å². The molecular formula is C19H23ClN2O3S2. The van der Waals surface area contributed by atoms with Gasteiger partial charge in [0.05, 0.1) is 11.9 Å². The monoisotopic (exact) mass is 426 g/mol. The number of carbonyl (C=O) groups is 1. The lowest BCUT2D eigenvalue weighted by Crippen LogP contribution is -2.40. The molecule has 5 nitrogen and oxygen atoms in total. The van der Waals surface area contributed by atoms with Crippen LogP contribution in [-0.2, 0) is 14.8 Å². The van der Waals surface area contributed by atoms with Gasteiger partial charge in [-0.05, 0) is 55.5 Å². The van der Waals surface area contributed by atoms with Gasteiger partial charge in [0.1, 0.15) is 6.54 Å². The zero-order valence-electron chi connectivity index (χ0n) is 15.3. The maximum Gasteiger partial charge on any atom is 0.240 e. The highest BCUT2D eigenvalue weighted by Gasteiger charge is 2.20. The van der Waals surface area contributed by atoms with Crippen LogP contribution in [0.25, 0.3) is 0 Å². The predicted octanol–water partition coefficient (Wildman–Crippen LogP) is 3.71. The van der Waals surface area contributed by atoms with Crippen molar-refractivity contribution in [1.29, 1.82) is 0 Å². The van der Waals surface area contributed by atoms with Crippen LogP contribution in [0.15, 0.2) is 53.4 Å². The molecule has 27 heavy (non-hydrogen) atoms. The molecule has 1 amide bonds. The number of benzene rings is 2. The van der Waals surface area contributed by atoms with Crippen molar-refractivity contribution in [3.8, 4) is 0 Å². The first-order chi connectivity index (χ1) is 12.8. The minimum Gasteiger partial charge on any atom is -0.354 e. The molecule has 0 aliphatic rings. The van der Waals surface area contributed by atoms with Crippen molar-refractivity contribution >= 4 is 45.0 Å². The molecule has 0 bridgehead atoms. The standard InChI is InChI=1S/C19H23ClN2O3S2/c1-15-4-10-18(11-5-15)26-13-3-12-21-19(23)14-22(27(2,24)25)17-8-6-16(20)7-9-17/h4-11H,3,12-14H2,1-2H3,(H,21,23). The van der Waals surface area contributed by atoms with E-state index < -0.39 is 10.0 Å². The number of rotatable bonds is 9. The van der Waals surface area contributed by atoms with Gasteiger partial charge in [-0.1, -0.05) is 29.3 Å². The van der Waals surface area contributed by atoms with E-state index in [9.17, 15) is 13.2 Å². The summed E-state index contributed by atoms with van der Waals surface area (Å²) >= 11 is 7.56. The number of carbonyl (C=O) groups excluding carboxylic acids is 1. The maximum atomic E-state index is 12.2. The fourth-order valence-corrected chi connectivity index (χ4v) is 4.15. The molecule has 2 aromatic carbocycles. The van der Waals surface area contributed by atoms with Crippen molar-refractivity contribution in [1.82, 2.24) is 5.32 Å². The number of nitrogens with one attached hydrogen (secondary N) is 1. The third-order valence-electron chi connectivity index (χ3n) is 3.74. The normalized spacial score (nSPS) is 11.2. The molecule has 1 N–H and O–H groups in total. The van der Waals surface area contributed by atoms with Gasteiger partial charge in [0, 0.05) is 16.5 Å². The van der Waals surface area contributed by atoms with E-state index in [0.717, 1.165) is 22.7 Å². The number of hydrogen-bond acceptors (Lipinski definition) is 4. The van der Waals surface area contributed by atoms with E-state index in [1.54, 1.807) is 36.0 Å². The number of thioether (sulfide) groups is 1. The summed E-state index contributed by atoms with van der Waals surface area (Å²) in [6.45, 7) is 2.29. The Labute approximate surface area is 170 Å². The first-order valence-corrected chi connectivity index (χ1v) is 11.7. The highest BCUT2D eigenvalue weighted by atomic mass is 35.5. The molecule has 0 atom stereocenters. The Morgan fingerprint density at radius 2 is 1.74 bits per heavy atom. The second-order valence-corrected chi connectivity index (χ2v) is 9.62. The van der Waals surface area contributed by atoms with Crippen LogP contribution < -0.4 is 9.62 Å². The zero-order chi connectivity index (χ0) is 19.9. The van der Waals surface area contributed by atoms with Crippen LogP contribution in [-0.4, -0.2) is 39.4 Å². The van der Waals surface area contributed by atoms with Gasteiger partial charge in [0.25, 0.3) is 0 Å². The first-order valence-electron chi connectivity index (χ1n) is 8.45. The van der Waals surface area contributed by atoms with Crippen molar-refractivity contribution in [2.45, 2.75) is 18.2 Å².